The summed E-state index contributed by atoms with van der Waals surface area (Å²) in [5.74, 6) is 0. The van der Waals surface area contributed by atoms with Gasteiger partial charge in [-0.15, -0.1) is 0 Å². The molecule has 1 aliphatic heterocycles. The lowest BCUT2D eigenvalue weighted by atomic mass is 9.87. The molecule has 0 bridgehead atoms. The summed E-state index contributed by atoms with van der Waals surface area (Å²) < 4.78 is 12.0. The Bertz CT molecular complexity index is 239. The molecule has 1 N–H and O–H groups in total. The smallest absolute Gasteiger partial charge is 0.0509 e. The maximum absolute atomic E-state index is 12.0. The third kappa shape index (κ3) is 1.46. The summed E-state index contributed by atoms with van der Waals surface area (Å²) in [6.45, 7) is 7.59. The molecule has 1 aliphatic carbocycles. The first-order chi connectivity index (χ1) is 6.02. The molecule has 76 valence electrons. The van der Waals surface area contributed by atoms with Crippen LogP contribution in [0.5, 0.6) is 0 Å². The van der Waals surface area contributed by atoms with Crippen molar-refractivity contribution in [3.8, 4) is 0 Å². The number of nitrogens with one attached hydrogen (secondary N) is 1. The highest BCUT2D eigenvalue weighted by molar-refractivity contribution is 7.86. The van der Waals surface area contributed by atoms with Crippen LogP contribution in [0.25, 0.3) is 0 Å². The second-order valence-corrected chi connectivity index (χ2v) is 7.16. The lowest BCUT2D eigenvalue weighted by molar-refractivity contribution is 0.281. The van der Waals surface area contributed by atoms with Crippen molar-refractivity contribution in [2.24, 2.45) is 5.41 Å². The van der Waals surface area contributed by atoms with Crippen LogP contribution in [0.15, 0.2) is 0 Å². The molecule has 0 aromatic carbocycles. The summed E-state index contributed by atoms with van der Waals surface area (Å²) in [5.41, 5.74) is 0.348. The van der Waals surface area contributed by atoms with Crippen LogP contribution in [-0.2, 0) is 10.8 Å². The largest absolute Gasteiger partial charge is 0.311 e. The Balaban J connectivity index is 2.20. The van der Waals surface area contributed by atoms with Gasteiger partial charge in [-0.2, -0.15) is 0 Å². The first kappa shape index (κ1) is 9.66. The van der Waals surface area contributed by atoms with Gasteiger partial charge in [-0.05, 0) is 25.2 Å². The van der Waals surface area contributed by atoms with E-state index in [1.54, 1.807) is 0 Å². The molecule has 2 fully saturated rings. The van der Waals surface area contributed by atoms with Crippen molar-refractivity contribution in [2.45, 2.75) is 50.2 Å². The van der Waals surface area contributed by atoms with Crippen LogP contribution >= 0.6 is 0 Å². The molecule has 4 atom stereocenters. The third-order valence-electron chi connectivity index (χ3n) is 3.61. The van der Waals surface area contributed by atoms with E-state index in [-0.39, 0.29) is 0 Å². The van der Waals surface area contributed by atoms with Crippen molar-refractivity contribution < 1.29 is 4.21 Å². The maximum atomic E-state index is 12.0. The van der Waals surface area contributed by atoms with Crippen molar-refractivity contribution in [3.05, 3.63) is 0 Å². The average molecular weight is 201 g/mol. The molecular weight excluding hydrogens is 182 g/mol. The first-order valence-corrected chi connectivity index (χ1v) is 6.43. The van der Waals surface area contributed by atoms with Crippen LogP contribution in [0.4, 0.5) is 0 Å². The first-order valence-electron chi connectivity index (χ1n) is 5.15. The molecule has 0 spiro atoms. The van der Waals surface area contributed by atoms with E-state index >= 15 is 0 Å². The molecule has 0 radical (unpaired) electrons. The van der Waals surface area contributed by atoms with Crippen LogP contribution in [0, 0.1) is 5.41 Å². The highest BCUT2D eigenvalue weighted by Crippen LogP contribution is 2.41. The molecule has 4 unspecified atom stereocenters. The van der Waals surface area contributed by atoms with E-state index < -0.39 is 10.8 Å². The molecule has 0 aromatic rings. The Morgan fingerprint density at radius 1 is 1.46 bits per heavy atom. The van der Waals surface area contributed by atoms with Gasteiger partial charge >= 0.3 is 0 Å². The second kappa shape index (κ2) is 3.06. The summed E-state index contributed by atoms with van der Waals surface area (Å²) in [6.07, 6.45) is 2.36. The number of rotatable bonds is 0. The highest BCUT2D eigenvalue weighted by atomic mass is 32.2. The molecule has 2 aliphatic rings. The van der Waals surface area contributed by atoms with E-state index in [0.717, 1.165) is 13.0 Å². The normalized spacial score (nSPS) is 48.8. The minimum Gasteiger partial charge on any atom is -0.311 e. The number of fused-ring (bicyclic) bond motifs is 1. The van der Waals surface area contributed by atoms with Crippen molar-refractivity contribution in [1.82, 2.24) is 5.32 Å². The lowest BCUT2D eigenvalue weighted by Gasteiger charge is -2.37. The predicted molar refractivity (Wildman–Crippen MR) is 56.2 cm³/mol. The van der Waals surface area contributed by atoms with Crippen LogP contribution in [0.3, 0.4) is 0 Å². The number of hydrogen-bond donors (Lipinski definition) is 1. The van der Waals surface area contributed by atoms with Gasteiger partial charge in [0.05, 0.1) is 5.25 Å². The van der Waals surface area contributed by atoms with Gasteiger partial charge in [-0.1, -0.05) is 13.8 Å². The monoisotopic (exact) mass is 201 g/mol. The Morgan fingerprint density at radius 3 is 2.85 bits per heavy atom. The van der Waals surface area contributed by atoms with Crippen molar-refractivity contribution >= 4 is 10.8 Å². The maximum Gasteiger partial charge on any atom is 0.0509 e. The summed E-state index contributed by atoms with van der Waals surface area (Å²) in [5, 5.41) is 4.32. The molecule has 2 rings (SSSR count). The molecular formula is C10H19NOS. The van der Waals surface area contributed by atoms with E-state index in [4.69, 9.17) is 0 Å². The quantitative estimate of drug-likeness (QED) is 0.640. The molecule has 1 heterocycles. The SMILES string of the molecule is CC1CNC2C(CCC2(C)C)S1=O. The third-order valence-corrected chi connectivity index (χ3v) is 5.67. The van der Waals surface area contributed by atoms with Crippen molar-refractivity contribution in [3.63, 3.8) is 0 Å². The highest BCUT2D eigenvalue weighted by Gasteiger charge is 2.47. The fourth-order valence-electron chi connectivity index (χ4n) is 2.67. The van der Waals surface area contributed by atoms with E-state index in [2.05, 4.69) is 26.1 Å². The van der Waals surface area contributed by atoms with Gasteiger partial charge in [0.1, 0.15) is 0 Å². The van der Waals surface area contributed by atoms with Gasteiger partial charge < -0.3 is 5.32 Å². The Hall–Kier alpha value is 0.110. The van der Waals surface area contributed by atoms with E-state index in [0.29, 0.717) is 22.0 Å². The minimum atomic E-state index is -0.599. The summed E-state index contributed by atoms with van der Waals surface area (Å²) in [7, 11) is -0.599. The van der Waals surface area contributed by atoms with E-state index in [9.17, 15) is 4.21 Å². The second-order valence-electron chi connectivity index (χ2n) is 5.09. The summed E-state index contributed by atoms with van der Waals surface area (Å²) in [6, 6.07) is 0.490. The zero-order valence-corrected chi connectivity index (χ0v) is 9.49. The summed E-state index contributed by atoms with van der Waals surface area (Å²) in [4.78, 5) is 0. The van der Waals surface area contributed by atoms with Gasteiger partial charge in [-0.25, -0.2) is 0 Å². The molecule has 1 saturated carbocycles. The molecule has 3 heteroatoms. The molecule has 13 heavy (non-hydrogen) atoms. The van der Waals surface area contributed by atoms with Crippen molar-refractivity contribution in [2.75, 3.05) is 6.54 Å². The lowest BCUT2D eigenvalue weighted by Crippen LogP contribution is -2.55. The van der Waals surface area contributed by atoms with Gasteiger partial charge in [0.15, 0.2) is 0 Å². The fourth-order valence-corrected chi connectivity index (χ4v) is 4.61. The average Bonchev–Trinajstić information content (AvgIpc) is 2.35. The molecule has 2 nitrogen and oxygen atoms in total. The zero-order chi connectivity index (χ0) is 9.64. The minimum absolute atomic E-state index is 0.343. The van der Waals surface area contributed by atoms with Gasteiger partial charge in [-0.3, -0.25) is 4.21 Å². The molecule has 1 saturated heterocycles. The molecule has 0 aromatic heterocycles. The fraction of sp³-hybridized carbons (Fsp3) is 1.00. The molecule has 0 amide bonds. The number of hydrogen-bond acceptors (Lipinski definition) is 2. The van der Waals surface area contributed by atoms with Crippen LogP contribution < -0.4 is 5.32 Å². The Morgan fingerprint density at radius 2 is 2.15 bits per heavy atom. The Kier molecular flexibility index (Phi) is 2.27. The summed E-state index contributed by atoms with van der Waals surface area (Å²) >= 11 is 0. The zero-order valence-electron chi connectivity index (χ0n) is 8.67. The van der Waals surface area contributed by atoms with Crippen molar-refractivity contribution in [1.29, 1.82) is 0 Å². The topological polar surface area (TPSA) is 29.1 Å². The van der Waals surface area contributed by atoms with Gasteiger partial charge in [0.25, 0.3) is 0 Å². The van der Waals surface area contributed by atoms with E-state index in [1.807, 2.05) is 0 Å². The standard InChI is InChI=1S/C10H19NOS/c1-7-6-11-9-8(13(7)12)4-5-10(9,2)3/h7-9,11H,4-6H2,1-3H3. The Labute approximate surface area is 82.9 Å². The van der Waals surface area contributed by atoms with Crippen LogP contribution in [0.2, 0.25) is 0 Å². The van der Waals surface area contributed by atoms with Crippen LogP contribution in [0.1, 0.15) is 33.6 Å². The van der Waals surface area contributed by atoms with E-state index in [1.165, 1.54) is 6.42 Å². The van der Waals surface area contributed by atoms with Gasteiger partial charge in [0.2, 0.25) is 0 Å². The van der Waals surface area contributed by atoms with Gasteiger partial charge in [0, 0.05) is 28.6 Å². The van der Waals surface area contributed by atoms with Crippen LogP contribution in [-0.4, -0.2) is 27.3 Å². The predicted octanol–water partition coefficient (Wildman–Crippen LogP) is 1.28.